The standard InChI is InChI=1S/C15H24ClN3OS/c1-3-17-15(18-9-4-11-20-2)19-10-12-21-14-7-5-13(16)6-8-14/h5-8H,3-4,9-12H2,1-2H3,(H2,17,18,19). The summed E-state index contributed by atoms with van der Waals surface area (Å²) >= 11 is 7.66. The number of halogens is 1. The second-order valence-corrected chi connectivity index (χ2v) is 5.94. The Morgan fingerprint density at radius 2 is 2.05 bits per heavy atom. The van der Waals surface area contributed by atoms with Crippen LogP contribution in [0.2, 0.25) is 5.02 Å². The Morgan fingerprint density at radius 1 is 1.29 bits per heavy atom. The molecule has 2 N–H and O–H groups in total. The molecule has 0 atom stereocenters. The number of guanidine groups is 1. The topological polar surface area (TPSA) is 45.7 Å². The van der Waals surface area contributed by atoms with Crippen LogP contribution in [0.3, 0.4) is 0 Å². The van der Waals surface area contributed by atoms with Gasteiger partial charge < -0.3 is 15.4 Å². The predicted octanol–water partition coefficient (Wildman–Crippen LogP) is 3.02. The van der Waals surface area contributed by atoms with Crippen molar-refractivity contribution >= 4 is 29.3 Å². The van der Waals surface area contributed by atoms with E-state index in [0.29, 0.717) is 0 Å². The Labute approximate surface area is 136 Å². The number of methoxy groups -OCH3 is 1. The molecule has 0 amide bonds. The molecular weight excluding hydrogens is 306 g/mol. The van der Waals surface area contributed by atoms with Crippen LogP contribution in [0.4, 0.5) is 0 Å². The Bertz CT molecular complexity index is 412. The number of ether oxygens (including phenoxy) is 1. The predicted molar refractivity (Wildman–Crippen MR) is 92.7 cm³/mol. The van der Waals surface area contributed by atoms with Crippen molar-refractivity contribution in [1.82, 2.24) is 10.6 Å². The van der Waals surface area contributed by atoms with Crippen LogP contribution in [0, 0.1) is 0 Å². The molecular formula is C15H24ClN3OS. The molecule has 118 valence electrons. The molecule has 0 radical (unpaired) electrons. The third kappa shape index (κ3) is 8.86. The summed E-state index contributed by atoms with van der Waals surface area (Å²) in [5.74, 6) is 1.84. The fraction of sp³-hybridized carbons (Fsp3) is 0.533. The van der Waals surface area contributed by atoms with Gasteiger partial charge in [0, 0.05) is 49.0 Å². The molecule has 0 aromatic heterocycles. The summed E-state index contributed by atoms with van der Waals surface area (Å²) in [6, 6.07) is 7.91. The zero-order chi connectivity index (χ0) is 15.3. The van der Waals surface area contributed by atoms with Gasteiger partial charge in [-0.15, -0.1) is 11.8 Å². The first-order valence-electron chi connectivity index (χ1n) is 7.15. The lowest BCUT2D eigenvalue weighted by Crippen LogP contribution is -2.38. The minimum atomic E-state index is 0.745. The molecule has 0 heterocycles. The normalized spacial score (nSPS) is 11.5. The zero-order valence-electron chi connectivity index (χ0n) is 12.7. The molecule has 1 aromatic rings. The smallest absolute Gasteiger partial charge is 0.191 e. The van der Waals surface area contributed by atoms with Gasteiger partial charge in [0.05, 0.1) is 0 Å². The van der Waals surface area contributed by atoms with Crippen LogP contribution in [0.25, 0.3) is 0 Å². The van der Waals surface area contributed by atoms with E-state index in [9.17, 15) is 0 Å². The molecule has 6 heteroatoms. The first-order valence-corrected chi connectivity index (χ1v) is 8.52. The van der Waals surface area contributed by atoms with Gasteiger partial charge in [0.15, 0.2) is 5.96 Å². The Hall–Kier alpha value is -0.910. The number of nitrogens with zero attached hydrogens (tertiary/aromatic N) is 1. The van der Waals surface area contributed by atoms with Crippen molar-refractivity contribution in [2.75, 3.05) is 39.1 Å². The van der Waals surface area contributed by atoms with Crippen LogP contribution < -0.4 is 10.6 Å². The molecule has 0 bridgehead atoms. The van der Waals surface area contributed by atoms with Crippen molar-refractivity contribution in [1.29, 1.82) is 0 Å². The molecule has 0 spiro atoms. The van der Waals surface area contributed by atoms with E-state index in [4.69, 9.17) is 16.3 Å². The molecule has 1 rings (SSSR count). The lowest BCUT2D eigenvalue weighted by Gasteiger charge is -2.11. The van der Waals surface area contributed by atoms with E-state index in [1.165, 1.54) is 4.90 Å². The van der Waals surface area contributed by atoms with Crippen LogP contribution >= 0.6 is 23.4 Å². The summed E-state index contributed by atoms with van der Waals surface area (Å²) in [6.07, 6.45) is 0.937. The molecule has 21 heavy (non-hydrogen) atoms. The highest BCUT2D eigenvalue weighted by molar-refractivity contribution is 7.99. The van der Waals surface area contributed by atoms with Crippen molar-refractivity contribution in [2.45, 2.75) is 18.2 Å². The van der Waals surface area contributed by atoms with Crippen molar-refractivity contribution < 1.29 is 4.74 Å². The summed E-state index contributed by atoms with van der Waals surface area (Å²) in [7, 11) is 1.71. The van der Waals surface area contributed by atoms with Gasteiger partial charge in [-0.05, 0) is 37.6 Å². The van der Waals surface area contributed by atoms with E-state index in [0.717, 1.165) is 49.4 Å². The van der Waals surface area contributed by atoms with Crippen molar-refractivity contribution in [3.8, 4) is 0 Å². The first kappa shape index (κ1) is 18.1. The highest BCUT2D eigenvalue weighted by Gasteiger charge is 1.98. The van der Waals surface area contributed by atoms with Gasteiger partial charge >= 0.3 is 0 Å². The van der Waals surface area contributed by atoms with E-state index >= 15 is 0 Å². The summed E-state index contributed by atoms with van der Waals surface area (Å²) in [5.41, 5.74) is 0. The zero-order valence-corrected chi connectivity index (χ0v) is 14.3. The summed E-state index contributed by atoms with van der Waals surface area (Å²) in [4.78, 5) is 5.72. The van der Waals surface area contributed by atoms with E-state index in [1.54, 1.807) is 18.9 Å². The quantitative estimate of drug-likeness (QED) is 0.316. The van der Waals surface area contributed by atoms with Crippen LogP contribution in [-0.2, 0) is 4.74 Å². The SMILES string of the molecule is CCNC(=NCCCOC)NCCSc1ccc(Cl)cc1. The molecule has 0 aliphatic heterocycles. The molecule has 0 aliphatic carbocycles. The molecule has 0 saturated heterocycles. The van der Waals surface area contributed by atoms with E-state index in [1.807, 2.05) is 24.3 Å². The van der Waals surface area contributed by atoms with Crippen molar-refractivity contribution in [3.63, 3.8) is 0 Å². The third-order valence-corrected chi connectivity index (χ3v) is 3.86. The van der Waals surface area contributed by atoms with Crippen LogP contribution in [0.1, 0.15) is 13.3 Å². The lowest BCUT2D eigenvalue weighted by atomic mass is 10.4. The second-order valence-electron chi connectivity index (χ2n) is 4.34. The van der Waals surface area contributed by atoms with Gasteiger partial charge in [0.25, 0.3) is 0 Å². The number of nitrogens with one attached hydrogen (secondary N) is 2. The summed E-state index contributed by atoms with van der Waals surface area (Å²) in [5, 5.41) is 7.34. The summed E-state index contributed by atoms with van der Waals surface area (Å²) in [6.45, 7) is 5.31. The average Bonchev–Trinajstić information content (AvgIpc) is 2.49. The highest BCUT2D eigenvalue weighted by atomic mass is 35.5. The number of hydrogen-bond donors (Lipinski definition) is 2. The summed E-state index contributed by atoms with van der Waals surface area (Å²) < 4.78 is 5.02. The Kier molecular flexibility index (Phi) is 10.1. The van der Waals surface area contributed by atoms with Gasteiger partial charge in [0.1, 0.15) is 0 Å². The van der Waals surface area contributed by atoms with Crippen LogP contribution in [0.5, 0.6) is 0 Å². The largest absolute Gasteiger partial charge is 0.385 e. The monoisotopic (exact) mass is 329 g/mol. The minimum absolute atomic E-state index is 0.745. The third-order valence-electron chi connectivity index (χ3n) is 2.60. The average molecular weight is 330 g/mol. The molecule has 4 nitrogen and oxygen atoms in total. The number of rotatable bonds is 9. The maximum atomic E-state index is 5.87. The number of aliphatic imine (C=N–C) groups is 1. The maximum Gasteiger partial charge on any atom is 0.191 e. The fourth-order valence-electron chi connectivity index (χ4n) is 1.61. The number of benzene rings is 1. The fourth-order valence-corrected chi connectivity index (χ4v) is 2.50. The number of thioether (sulfide) groups is 1. The Balaban J connectivity index is 2.24. The van der Waals surface area contributed by atoms with Gasteiger partial charge in [-0.2, -0.15) is 0 Å². The van der Waals surface area contributed by atoms with Crippen LogP contribution in [0.15, 0.2) is 34.2 Å². The van der Waals surface area contributed by atoms with Gasteiger partial charge in [-0.3, -0.25) is 4.99 Å². The molecule has 0 unspecified atom stereocenters. The second kappa shape index (κ2) is 11.7. The molecule has 0 saturated carbocycles. The van der Waals surface area contributed by atoms with Gasteiger partial charge in [0.2, 0.25) is 0 Å². The van der Waals surface area contributed by atoms with Crippen molar-refractivity contribution in [3.05, 3.63) is 29.3 Å². The Morgan fingerprint density at radius 3 is 2.71 bits per heavy atom. The van der Waals surface area contributed by atoms with Crippen LogP contribution in [-0.4, -0.2) is 45.1 Å². The van der Waals surface area contributed by atoms with E-state index < -0.39 is 0 Å². The minimum Gasteiger partial charge on any atom is -0.385 e. The van der Waals surface area contributed by atoms with Gasteiger partial charge in [-0.1, -0.05) is 11.6 Å². The highest BCUT2D eigenvalue weighted by Crippen LogP contribution is 2.19. The maximum absolute atomic E-state index is 5.87. The number of hydrogen-bond acceptors (Lipinski definition) is 3. The molecule has 1 aromatic carbocycles. The lowest BCUT2D eigenvalue weighted by molar-refractivity contribution is 0.197. The van der Waals surface area contributed by atoms with Gasteiger partial charge in [-0.25, -0.2) is 0 Å². The van der Waals surface area contributed by atoms with E-state index in [-0.39, 0.29) is 0 Å². The first-order chi connectivity index (χ1) is 10.3. The van der Waals surface area contributed by atoms with E-state index in [2.05, 4.69) is 22.5 Å². The molecule has 0 fully saturated rings. The van der Waals surface area contributed by atoms with Crippen molar-refractivity contribution in [2.24, 2.45) is 4.99 Å². The molecule has 0 aliphatic rings.